The minimum absolute atomic E-state index is 0.164. The molecule has 1 unspecified atom stereocenters. The van der Waals surface area contributed by atoms with Gasteiger partial charge in [-0.1, -0.05) is 78.9 Å². The Hall–Kier alpha value is -3.40. The summed E-state index contributed by atoms with van der Waals surface area (Å²) in [4.78, 5) is 28.3. The molecule has 0 heterocycles. The van der Waals surface area contributed by atoms with E-state index < -0.39 is 17.9 Å². The highest BCUT2D eigenvalue weighted by Crippen LogP contribution is 2.33. The number of benzene rings is 3. The van der Waals surface area contributed by atoms with E-state index in [1.165, 1.54) is 7.11 Å². The predicted octanol–water partition coefficient (Wildman–Crippen LogP) is 5.03. The minimum Gasteiger partial charge on any atom is -0.467 e. The quantitative estimate of drug-likeness (QED) is 0.544. The predicted molar refractivity (Wildman–Crippen MR) is 120 cm³/mol. The summed E-state index contributed by atoms with van der Waals surface area (Å²) < 4.78 is 5.00. The fourth-order valence-corrected chi connectivity index (χ4v) is 3.86. The van der Waals surface area contributed by atoms with E-state index in [9.17, 15) is 9.59 Å². The minimum atomic E-state index is -0.766. The van der Waals surface area contributed by atoms with E-state index in [1.807, 2.05) is 92.7 Å². The number of carbonyl (C=O) groups is 2. The molecule has 0 saturated heterocycles. The van der Waals surface area contributed by atoms with E-state index in [2.05, 4.69) is 0 Å². The van der Waals surface area contributed by atoms with Gasteiger partial charge >= 0.3 is 5.97 Å². The molecule has 1 amide bonds. The normalized spacial score (nSPS) is 11.8. The summed E-state index contributed by atoms with van der Waals surface area (Å²) in [7, 11) is 1.35. The molecule has 30 heavy (non-hydrogen) atoms. The van der Waals surface area contributed by atoms with Crippen molar-refractivity contribution < 1.29 is 14.3 Å². The van der Waals surface area contributed by atoms with Crippen LogP contribution in [-0.4, -0.2) is 25.0 Å². The fraction of sp³-hybridized carbons (Fsp3) is 0.231. The first kappa shape index (κ1) is 21.3. The van der Waals surface area contributed by atoms with Crippen LogP contribution >= 0.6 is 0 Å². The van der Waals surface area contributed by atoms with Crippen molar-refractivity contribution in [3.63, 3.8) is 0 Å². The Balaban J connectivity index is 2.20. The van der Waals surface area contributed by atoms with Gasteiger partial charge in [0.25, 0.3) is 0 Å². The number of anilines is 1. The largest absolute Gasteiger partial charge is 0.467 e. The van der Waals surface area contributed by atoms with Gasteiger partial charge in [0.15, 0.2) is 0 Å². The summed E-state index contributed by atoms with van der Waals surface area (Å²) in [6.07, 6.45) is 0. The summed E-state index contributed by atoms with van der Waals surface area (Å²) in [5.41, 5.74) is 4.36. The van der Waals surface area contributed by atoms with Crippen LogP contribution in [0.4, 0.5) is 5.69 Å². The molecule has 0 fully saturated rings. The van der Waals surface area contributed by atoms with Crippen LogP contribution in [0, 0.1) is 13.8 Å². The second-order valence-electron chi connectivity index (χ2n) is 7.40. The molecule has 4 heteroatoms. The zero-order valence-corrected chi connectivity index (χ0v) is 17.8. The maximum absolute atomic E-state index is 14.1. The molecule has 0 aliphatic carbocycles. The zero-order chi connectivity index (χ0) is 21.7. The van der Waals surface area contributed by atoms with E-state index >= 15 is 0 Å². The van der Waals surface area contributed by atoms with Crippen molar-refractivity contribution >= 4 is 17.6 Å². The SMILES string of the molecule is COC(=O)C(C)N(C(=O)C(c1ccccc1)c1ccccc1)c1c(C)cccc1C. The van der Waals surface area contributed by atoms with Crippen LogP contribution in [0.15, 0.2) is 78.9 Å². The Morgan fingerprint density at radius 2 is 1.23 bits per heavy atom. The second-order valence-corrected chi connectivity index (χ2v) is 7.40. The third kappa shape index (κ3) is 4.28. The highest BCUT2D eigenvalue weighted by molar-refractivity contribution is 6.05. The van der Waals surface area contributed by atoms with Crippen LogP contribution < -0.4 is 4.90 Å². The van der Waals surface area contributed by atoms with Gasteiger partial charge in [-0.05, 0) is 43.0 Å². The van der Waals surface area contributed by atoms with E-state index in [4.69, 9.17) is 4.74 Å². The number of aryl methyl sites for hydroxylation is 2. The molecule has 0 saturated carbocycles. The molecule has 0 radical (unpaired) electrons. The molecule has 1 atom stereocenters. The van der Waals surface area contributed by atoms with E-state index in [-0.39, 0.29) is 5.91 Å². The van der Waals surface area contributed by atoms with Gasteiger partial charge < -0.3 is 4.74 Å². The van der Waals surface area contributed by atoms with Gasteiger partial charge in [-0.3, -0.25) is 9.69 Å². The van der Waals surface area contributed by atoms with Crippen molar-refractivity contribution in [1.82, 2.24) is 0 Å². The highest BCUT2D eigenvalue weighted by atomic mass is 16.5. The monoisotopic (exact) mass is 401 g/mol. The average Bonchev–Trinajstić information content (AvgIpc) is 2.77. The average molecular weight is 402 g/mol. The first-order valence-electron chi connectivity index (χ1n) is 10.0. The van der Waals surface area contributed by atoms with Crippen molar-refractivity contribution in [2.24, 2.45) is 0 Å². The van der Waals surface area contributed by atoms with Crippen LogP contribution in [-0.2, 0) is 14.3 Å². The number of hydrogen-bond donors (Lipinski definition) is 0. The summed E-state index contributed by atoms with van der Waals surface area (Å²) in [5.74, 6) is -1.16. The number of carbonyl (C=O) groups excluding carboxylic acids is 2. The topological polar surface area (TPSA) is 46.6 Å². The van der Waals surface area contributed by atoms with Gasteiger partial charge in [0.1, 0.15) is 6.04 Å². The van der Waals surface area contributed by atoms with E-state index in [0.29, 0.717) is 0 Å². The lowest BCUT2D eigenvalue weighted by Gasteiger charge is -2.33. The summed E-state index contributed by atoms with van der Waals surface area (Å²) in [6, 6.07) is 24.4. The molecule has 0 aliphatic rings. The summed E-state index contributed by atoms with van der Waals surface area (Å²) in [6.45, 7) is 5.61. The van der Waals surface area contributed by atoms with Crippen LogP contribution in [0.1, 0.15) is 35.1 Å². The lowest BCUT2D eigenvalue weighted by atomic mass is 9.89. The van der Waals surface area contributed by atoms with E-state index in [1.54, 1.807) is 11.8 Å². The number of ether oxygens (including phenoxy) is 1. The van der Waals surface area contributed by atoms with E-state index in [0.717, 1.165) is 27.9 Å². The molecular weight excluding hydrogens is 374 g/mol. The standard InChI is InChI=1S/C26H27NO3/c1-18-12-11-13-19(2)24(18)27(20(3)26(29)30-4)25(28)23(21-14-7-5-8-15-21)22-16-9-6-10-17-22/h5-17,20,23H,1-4H3. The Labute approximate surface area is 178 Å². The number of nitrogens with zero attached hydrogens (tertiary/aromatic N) is 1. The lowest BCUT2D eigenvalue weighted by molar-refractivity contribution is -0.143. The van der Waals surface area contributed by atoms with Gasteiger partial charge in [-0.15, -0.1) is 0 Å². The lowest BCUT2D eigenvalue weighted by Crippen LogP contribution is -2.47. The number of hydrogen-bond acceptors (Lipinski definition) is 3. The molecular formula is C26H27NO3. The molecule has 3 aromatic rings. The third-order valence-corrected chi connectivity index (χ3v) is 5.36. The number of para-hydroxylation sites is 1. The highest BCUT2D eigenvalue weighted by Gasteiger charge is 2.35. The smallest absolute Gasteiger partial charge is 0.328 e. The molecule has 0 aromatic heterocycles. The van der Waals surface area contributed by atoms with Crippen molar-refractivity contribution in [2.75, 3.05) is 12.0 Å². The molecule has 4 nitrogen and oxygen atoms in total. The number of esters is 1. The van der Waals surface area contributed by atoms with Gasteiger partial charge in [0, 0.05) is 0 Å². The summed E-state index contributed by atoms with van der Waals surface area (Å²) >= 11 is 0. The molecule has 154 valence electrons. The van der Waals surface area contributed by atoms with Crippen LogP contribution in [0.3, 0.4) is 0 Å². The van der Waals surface area contributed by atoms with Crippen molar-refractivity contribution in [3.05, 3.63) is 101 Å². The maximum atomic E-state index is 14.1. The number of methoxy groups -OCH3 is 1. The first-order valence-corrected chi connectivity index (χ1v) is 10.0. The van der Waals surface area contributed by atoms with Crippen LogP contribution in [0.5, 0.6) is 0 Å². The zero-order valence-electron chi connectivity index (χ0n) is 17.8. The third-order valence-electron chi connectivity index (χ3n) is 5.36. The molecule has 0 bridgehead atoms. The molecule has 3 aromatic carbocycles. The number of amides is 1. The molecule has 0 spiro atoms. The summed E-state index contributed by atoms with van der Waals surface area (Å²) in [5, 5.41) is 0. The maximum Gasteiger partial charge on any atom is 0.328 e. The Morgan fingerprint density at radius 3 is 1.67 bits per heavy atom. The molecule has 3 rings (SSSR count). The Kier molecular flexibility index (Phi) is 6.68. The second kappa shape index (κ2) is 9.40. The van der Waals surface area contributed by atoms with Crippen LogP contribution in [0.2, 0.25) is 0 Å². The van der Waals surface area contributed by atoms with Crippen molar-refractivity contribution in [3.8, 4) is 0 Å². The Morgan fingerprint density at radius 1 is 0.767 bits per heavy atom. The molecule has 0 aliphatic heterocycles. The molecule has 0 N–H and O–H groups in total. The van der Waals surface area contributed by atoms with Gasteiger partial charge in [0.05, 0.1) is 18.7 Å². The number of rotatable bonds is 6. The van der Waals surface area contributed by atoms with Gasteiger partial charge in [0.2, 0.25) is 5.91 Å². The van der Waals surface area contributed by atoms with Gasteiger partial charge in [-0.25, -0.2) is 4.79 Å². The van der Waals surface area contributed by atoms with Crippen LogP contribution in [0.25, 0.3) is 0 Å². The van der Waals surface area contributed by atoms with Crippen molar-refractivity contribution in [2.45, 2.75) is 32.7 Å². The first-order chi connectivity index (χ1) is 14.5. The van der Waals surface area contributed by atoms with Crippen molar-refractivity contribution in [1.29, 1.82) is 0 Å². The van der Waals surface area contributed by atoms with Gasteiger partial charge in [-0.2, -0.15) is 0 Å². The Bertz CT molecular complexity index is 955. The fourth-order valence-electron chi connectivity index (χ4n) is 3.86.